The lowest BCUT2D eigenvalue weighted by Crippen LogP contribution is -2.36. The first-order chi connectivity index (χ1) is 11.8. The summed E-state index contributed by atoms with van der Waals surface area (Å²) in [5.41, 5.74) is 5.48. The minimum Gasteiger partial charge on any atom is -0.493 e. The van der Waals surface area contributed by atoms with Crippen LogP contribution in [-0.2, 0) is 25.8 Å². The number of nitrogens with zero attached hydrogens (tertiary/aromatic N) is 1. The van der Waals surface area contributed by atoms with Gasteiger partial charge in [-0.2, -0.15) is 0 Å². The Morgan fingerprint density at radius 2 is 1.79 bits per heavy atom. The Kier molecular flexibility index (Phi) is 3.05. The third-order valence-electron chi connectivity index (χ3n) is 5.28. The Balaban J connectivity index is 1.55. The van der Waals surface area contributed by atoms with Crippen LogP contribution in [0, 0.1) is 0 Å². The van der Waals surface area contributed by atoms with Crippen molar-refractivity contribution in [2.75, 3.05) is 19.8 Å². The lowest BCUT2D eigenvalue weighted by molar-refractivity contribution is 0.0730. The quantitative estimate of drug-likeness (QED) is 0.811. The highest BCUT2D eigenvalue weighted by atomic mass is 16.5. The molecule has 4 nitrogen and oxygen atoms in total. The summed E-state index contributed by atoms with van der Waals surface area (Å²) in [7, 11) is 0. The molecular weight excluding hydrogens is 302 g/mol. The van der Waals surface area contributed by atoms with E-state index in [1.54, 1.807) is 0 Å². The van der Waals surface area contributed by atoms with Crippen LogP contribution < -0.4 is 9.47 Å². The number of rotatable bonds is 1. The first-order valence-electron chi connectivity index (χ1n) is 8.61. The SMILES string of the molecule is O=C(c1c2c(cc3c1OCC3)OCC2)N1CCc2ccccc2C1. The predicted octanol–water partition coefficient (Wildman–Crippen LogP) is 2.75. The molecule has 24 heavy (non-hydrogen) atoms. The van der Waals surface area contributed by atoms with Crippen LogP contribution in [0.5, 0.6) is 11.5 Å². The lowest BCUT2D eigenvalue weighted by atomic mass is 9.96. The second-order valence-corrected chi connectivity index (χ2v) is 6.66. The molecule has 0 saturated heterocycles. The summed E-state index contributed by atoms with van der Waals surface area (Å²) in [4.78, 5) is 15.3. The van der Waals surface area contributed by atoms with Gasteiger partial charge in [0.2, 0.25) is 0 Å². The van der Waals surface area contributed by atoms with Gasteiger partial charge in [-0.25, -0.2) is 0 Å². The van der Waals surface area contributed by atoms with Crippen molar-refractivity contribution in [3.05, 3.63) is 58.1 Å². The van der Waals surface area contributed by atoms with Crippen molar-refractivity contribution >= 4 is 5.91 Å². The number of carbonyl (C=O) groups excluding carboxylic acids is 1. The highest BCUT2D eigenvalue weighted by Gasteiger charge is 2.33. The van der Waals surface area contributed by atoms with E-state index in [0.29, 0.717) is 19.8 Å². The van der Waals surface area contributed by atoms with E-state index in [9.17, 15) is 4.79 Å². The van der Waals surface area contributed by atoms with Gasteiger partial charge in [0.25, 0.3) is 5.91 Å². The molecule has 0 N–H and O–H groups in total. The molecule has 122 valence electrons. The Morgan fingerprint density at radius 3 is 2.71 bits per heavy atom. The highest BCUT2D eigenvalue weighted by Crippen LogP contribution is 2.41. The average molecular weight is 321 g/mol. The molecule has 3 aliphatic rings. The standard InChI is InChI=1S/C20H19NO3/c22-20(21-8-5-13-3-1-2-4-15(13)12-21)18-16-7-10-23-17(16)11-14-6-9-24-19(14)18/h1-4,11H,5-10,12H2. The smallest absolute Gasteiger partial charge is 0.258 e. The molecule has 1 amide bonds. The summed E-state index contributed by atoms with van der Waals surface area (Å²) < 4.78 is 11.6. The minimum atomic E-state index is 0.0880. The van der Waals surface area contributed by atoms with E-state index >= 15 is 0 Å². The van der Waals surface area contributed by atoms with Gasteiger partial charge in [0, 0.05) is 37.1 Å². The zero-order valence-electron chi connectivity index (χ0n) is 13.5. The largest absolute Gasteiger partial charge is 0.493 e. The number of hydrogen-bond acceptors (Lipinski definition) is 3. The van der Waals surface area contributed by atoms with Crippen LogP contribution >= 0.6 is 0 Å². The Morgan fingerprint density at radius 1 is 0.958 bits per heavy atom. The predicted molar refractivity (Wildman–Crippen MR) is 89.7 cm³/mol. The monoisotopic (exact) mass is 321 g/mol. The van der Waals surface area contributed by atoms with Gasteiger partial charge in [0.05, 0.1) is 18.8 Å². The molecule has 0 fully saturated rings. The fourth-order valence-electron chi connectivity index (χ4n) is 4.04. The number of hydrogen-bond donors (Lipinski definition) is 0. The number of carbonyl (C=O) groups is 1. The van der Waals surface area contributed by atoms with Crippen LogP contribution in [0.25, 0.3) is 0 Å². The first-order valence-corrected chi connectivity index (χ1v) is 8.61. The van der Waals surface area contributed by atoms with Crippen molar-refractivity contribution in [3.63, 3.8) is 0 Å². The van der Waals surface area contributed by atoms with E-state index in [2.05, 4.69) is 24.3 Å². The normalized spacial score (nSPS) is 17.6. The van der Waals surface area contributed by atoms with Gasteiger partial charge in [-0.1, -0.05) is 24.3 Å². The van der Waals surface area contributed by atoms with Crippen LogP contribution in [0.4, 0.5) is 0 Å². The summed E-state index contributed by atoms with van der Waals surface area (Å²) in [6, 6.07) is 10.5. The van der Waals surface area contributed by atoms with Crippen molar-refractivity contribution in [1.82, 2.24) is 4.90 Å². The van der Waals surface area contributed by atoms with E-state index in [4.69, 9.17) is 9.47 Å². The van der Waals surface area contributed by atoms with E-state index in [0.717, 1.165) is 54.0 Å². The zero-order chi connectivity index (χ0) is 16.1. The molecule has 0 spiro atoms. The van der Waals surface area contributed by atoms with Gasteiger partial charge in [0.15, 0.2) is 0 Å². The van der Waals surface area contributed by atoms with E-state index in [1.165, 1.54) is 11.1 Å². The average Bonchev–Trinajstić information content (AvgIpc) is 3.27. The van der Waals surface area contributed by atoms with Crippen LogP contribution in [0.1, 0.15) is 32.6 Å². The van der Waals surface area contributed by atoms with Gasteiger partial charge in [-0.15, -0.1) is 0 Å². The lowest BCUT2D eigenvalue weighted by Gasteiger charge is -2.30. The molecule has 0 atom stereocenters. The van der Waals surface area contributed by atoms with Gasteiger partial charge < -0.3 is 14.4 Å². The second kappa shape index (κ2) is 5.26. The molecule has 4 heteroatoms. The number of benzene rings is 2. The Hall–Kier alpha value is -2.49. The molecule has 3 aliphatic heterocycles. The second-order valence-electron chi connectivity index (χ2n) is 6.66. The van der Waals surface area contributed by atoms with Crippen molar-refractivity contribution in [2.45, 2.75) is 25.8 Å². The molecule has 2 aromatic carbocycles. The van der Waals surface area contributed by atoms with Gasteiger partial charge in [0.1, 0.15) is 11.5 Å². The molecular formula is C20H19NO3. The molecule has 0 bridgehead atoms. The summed E-state index contributed by atoms with van der Waals surface area (Å²) >= 11 is 0. The summed E-state index contributed by atoms with van der Waals surface area (Å²) in [6.07, 6.45) is 2.56. The maximum Gasteiger partial charge on any atom is 0.258 e. The number of amides is 1. The summed E-state index contributed by atoms with van der Waals surface area (Å²) in [6.45, 7) is 2.74. The summed E-state index contributed by atoms with van der Waals surface area (Å²) in [5.74, 6) is 1.76. The molecule has 0 radical (unpaired) electrons. The third kappa shape index (κ3) is 2.02. The number of ether oxygens (including phenoxy) is 2. The fourth-order valence-corrected chi connectivity index (χ4v) is 4.04. The van der Waals surface area contributed by atoms with Crippen molar-refractivity contribution in [1.29, 1.82) is 0 Å². The van der Waals surface area contributed by atoms with E-state index < -0.39 is 0 Å². The van der Waals surface area contributed by atoms with Gasteiger partial charge in [-0.3, -0.25) is 4.79 Å². The van der Waals surface area contributed by atoms with Gasteiger partial charge in [-0.05, 0) is 23.6 Å². The van der Waals surface area contributed by atoms with Crippen LogP contribution in [-0.4, -0.2) is 30.6 Å². The first kappa shape index (κ1) is 13.9. The van der Waals surface area contributed by atoms with Gasteiger partial charge >= 0.3 is 0 Å². The molecule has 5 rings (SSSR count). The van der Waals surface area contributed by atoms with E-state index in [-0.39, 0.29) is 5.91 Å². The number of fused-ring (bicyclic) bond motifs is 3. The summed E-state index contributed by atoms with van der Waals surface area (Å²) in [5, 5.41) is 0. The van der Waals surface area contributed by atoms with Crippen molar-refractivity contribution < 1.29 is 14.3 Å². The van der Waals surface area contributed by atoms with Crippen molar-refractivity contribution in [2.24, 2.45) is 0 Å². The van der Waals surface area contributed by atoms with Crippen LogP contribution in [0.15, 0.2) is 30.3 Å². The zero-order valence-corrected chi connectivity index (χ0v) is 13.5. The Labute approximate surface area is 141 Å². The van der Waals surface area contributed by atoms with E-state index in [1.807, 2.05) is 11.0 Å². The molecule has 3 heterocycles. The fraction of sp³-hybridized carbons (Fsp3) is 0.350. The third-order valence-corrected chi connectivity index (χ3v) is 5.28. The topological polar surface area (TPSA) is 38.8 Å². The van der Waals surface area contributed by atoms with Crippen molar-refractivity contribution in [3.8, 4) is 11.5 Å². The molecule has 0 saturated carbocycles. The Bertz CT molecular complexity index is 811. The highest BCUT2D eigenvalue weighted by molar-refractivity contribution is 6.00. The molecule has 0 aromatic heterocycles. The molecule has 0 unspecified atom stereocenters. The molecule has 0 aliphatic carbocycles. The van der Waals surface area contributed by atoms with Crippen LogP contribution in [0.2, 0.25) is 0 Å². The maximum absolute atomic E-state index is 13.3. The maximum atomic E-state index is 13.3. The minimum absolute atomic E-state index is 0.0880. The molecule has 2 aromatic rings. The van der Waals surface area contributed by atoms with Crippen LogP contribution in [0.3, 0.4) is 0 Å².